The lowest BCUT2D eigenvalue weighted by atomic mass is 10.0. The molecule has 2 N–H and O–H groups in total. The molecule has 94 valence electrons. The number of ether oxygens (including phenoxy) is 1. The van der Waals surface area contributed by atoms with Crippen molar-refractivity contribution in [2.24, 2.45) is 5.14 Å². The Kier molecular flexibility index (Phi) is 3.81. The fraction of sp³-hybridized carbons (Fsp3) is 1.00. The molecule has 0 spiro atoms. The van der Waals surface area contributed by atoms with Crippen LogP contribution in [0.25, 0.3) is 0 Å². The van der Waals surface area contributed by atoms with Gasteiger partial charge < -0.3 is 4.74 Å². The molecule has 2 aliphatic heterocycles. The normalized spacial score (nSPS) is 27.1. The van der Waals surface area contributed by atoms with Gasteiger partial charge in [0, 0.05) is 32.2 Å². The van der Waals surface area contributed by atoms with Crippen molar-refractivity contribution in [1.82, 2.24) is 9.21 Å². The lowest BCUT2D eigenvalue weighted by Crippen LogP contribution is -2.51. The molecule has 0 aromatic rings. The summed E-state index contributed by atoms with van der Waals surface area (Å²) in [6.45, 7) is 4.58. The van der Waals surface area contributed by atoms with Gasteiger partial charge in [-0.25, -0.2) is 5.14 Å². The van der Waals surface area contributed by atoms with Crippen LogP contribution in [0, 0.1) is 0 Å². The zero-order chi connectivity index (χ0) is 11.6. The average molecular weight is 249 g/mol. The van der Waals surface area contributed by atoms with E-state index in [1.165, 1.54) is 4.31 Å². The van der Waals surface area contributed by atoms with Gasteiger partial charge in [0.2, 0.25) is 0 Å². The van der Waals surface area contributed by atoms with E-state index in [9.17, 15) is 8.42 Å². The minimum atomic E-state index is -3.49. The zero-order valence-corrected chi connectivity index (χ0v) is 10.2. The maximum Gasteiger partial charge on any atom is 0.276 e. The molecule has 7 heteroatoms. The minimum Gasteiger partial charge on any atom is -0.379 e. The molecule has 0 unspecified atom stereocenters. The Labute approximate surface area is 96.5 Å². The van der Waals surface area contributed by atoms with Crippen LogP contribution in [0.15, 0.2) is 0 Å². The van der Waals surface area contributed by atoms with Gasteiger partial charge >= 0.3 is 0 Å². The first-order chi connectivity index (χ1) is 7.57. The van der Waals surface area contributed by atoms with E-state index in [1.807, 2.05) is 0 Å². The van der Waals surface area contributed by atoms with E-state index in [4.69, 9.17) is 9.88 Å². The van der Waals surface area contributed by atoms with Crippen LogP contribution in [0.3, 0.4) is 0 Å². The summed E-state index contributed by atoms with van der Waals surface area (Å²) < 4.78 is 28.9. The summed E-state index contributed by atoms with van der Waals surface area (Å²) in [6, 6.07) is 0.488. The highest BCUT2D eigenvalue weighted by atomic mass is 32.2. The third kappa shape index (κ3) is 2.92. The van der Waals surface area contributed by atoms with Gasteiger partial charge in [0.05, 0.1) is 13.2 Å². The summed E-state index contributed by atoms with van der Waals surface area (Å²) >= 11 is 0. The number of morpholine rings is 1. The predicted molar refractivity (Wildman–Crippen MR) is 60.1 cm³/mol. The second-order valence-electron chi connectivity index (χ2n) is 4.32. The Morgan fingerprint density at radius 2 is 1.62 bits per heavy atom. The number of hydrogen-bond donors (Lipinski definition) is 1. The number of nitrogens with two attached hydrogens (primary N) is 1. The first-order valence-corrected chi connectivity index (χ1v) is 7.17. The van der Waals surface area contributed by atoms with Gasteiger partial charge in [-0.15, -0.1) is 0 Å². The fourth-order valence-electron chi connectivity index (χ4n) is 2.40. The van der Waals surface area contributed by atoms with Crippen molar-refractivity contribution in [1.29, 1.82) is 0 Å². The van der Waals surface area contributed by atoms with E-state index in [0.717, 1.165) is 39.1 Å². The standard InChI is InChI=1S/C9H19N3O3S/c10-16(13,14)12-3-1-9(2-4-12)11-5-7-15-8-6-11/h9H,1-8H2,(H2,10,13,14). The first-order valence-electron chi connectivity index (χ1n) is 5.67. The molecule has 2 aliphatic rings. The number of hydrogen-bond acceptors (Lipinski definition) is 4. The summed E-state index contributed by atoms with van der Waals surface area (Å²) in [5.74, 6) is 0. The summed E-state index contributed by atoms with van der Waals surface area (Å²) in [5.41, 5.74) is 0. The molecule has 16 heavy (non-hydrogen) atoms. The van der Waals surface area contributed by atoms with Gasteiger partial charge in [0.1, 0.15) is 0 Å². The van der Waals surface area contributed by atoms with Crippen LogP contribution in [0.1, 0.15) is 12.8 Å². The molecule has 2 rings (SSSR count). The maximum atomic E-state index is 11.1. The van der Waals surface area contributed by atoms with Gasteiger partial charge in [-0.05, 0) is 12.8 Å². The van der Waals surface area contributed by atoms with Gasteiger partial charge in [0.15, 0.2) is 0 Å². The van der Waals surface area contributed by atoms with E-state index < -0.39 is 10.2 Å². The van der Waals surface area contributed by atoms with E-state index in [-0.39, 0.29) is 0 Å². The molecular weight excluding hydrogens is 230 g/mol. The first kappa shape index (κ1) is 12.3. The molecule has 0 atom stereocenters. The minimum absolute atomic E-state index is 0.488. The highest BCUT2D eigenvalue weighted by Gasteiger charge is 2.29. The Hall–Kier alpha value is -0.210. The number of rotatable bonds is 2. The molecule has 0 aliphatic carbocycles. The third-order valence-electron chi connectivity index (χ3n) is 3.35. The van der Waals surface area contributed by atoms with Crippen LogP contribution in [0.2, 0.25) is 0 Å². The smallest absolute Gasteiger partial charge is 0.276 e. The Morgan fingerprint density at radius 1 is 1.06 bits per heavy atom. The van der Waals surface area contributed by atoms with E-state index in [1.54, 1.807) is 0 Å². The zero-order valence-electron chi connectivity index (χ0n) is 9.34. The van der Waals surface area contributed by atoms with Gasteiger partial charge in [0.25, 0.3) is 10.2 Å². The van der Waals surface area contributed by atoms with E-state index in [0.29, 0.717) is 19.1 Å². The summed E-state index contributed by atoms with van der Waals surface area (Å²) in [6.07, 6.45) is 1.74. The summed E-state index contributed by atoms with van der Waals surface area (Å²) in [5, 5.41) is 5.10. The number of nitrogens with zero attached hydrogens (tertiary/aromatic N) is 2. The van der Waals surface area contributed by atoms with Crippen LogP contribution < -0.4 is 5.14 Å². The molecule has 0 amide bonds. The van der Waals surface area contributed by atoms with Crippen LogP contribution in [-0.4, -0.2) is 63.1 Å². The molecule has 6 nitrogen and oxygen atoms in total. The van der Waals surface area contributed by atoms with Crippen molar-refractivity contribution >= 4 is 10.2 Å². The highest BCUT2D eigenvalue weighted by Crippen LogP contribution is 2.18. The fourth-order valence-corrected chi connectivity index (χ4v) is 3.12. The molecule has 2 heterocycles. The Morgan fingerprint density at radius 3 is 2.12 bits per heavy atom. The lowest BCUT2D eigenvalue weighted by molar-refractivity contribution is 0.00610. The molecule has 0 radical (unpaired) electrons. The second-order valence-corrected chi connectivity index (χ2v) is 5.87. The number of piperidine rings is 1. The molecule has 2 saturated heterocycles. The SMILES string of the molecule is NS(=O)(=O)N1CCC(N2CCOCC2)CC1. The highest BCUT2D eigenvalue weighted by molar-refractivity contribution is 7.86. The topological polar surface area (TPSA) is 75.9 Å². The van der Waals surface area contributed by atoms with Gasteiger partial charge in [-0.2, -0.15) is 12.7 Å². The van der Waals surface area contributed by atoms with Crippen molar-refractivity contribution in [2.75, 3.05) is 39.4 Å². The van der Waals surface area contributed by atoms with Crippen LogP contribution in [-0.2, 0) is 14.9 Å². The van der Waals surface area contributed by atoms with E-state index >= 15 is 0 Å². The molecule has 0 aromatic carbocycles. The molecule has 0 bridgehead atoms. The molecule has 0 aromatic heterocycles. The maximum absolute atomic E-state index is 11.1. The van der Waals surface area contributed by atoms with Crippen molar-refractivity contribution in [2.45, 2.75) is 18.9 Å². The molecule has 2 fully saturated rings. The van der Waals surface area contributed by atoms with E-state index in [2.05, 4.69) is 4.90 Å². The van der Waals surface area contributed by atoms with Crippen molar-refractivity contribution in [3.8, 4) is 0 Å². The molecular formula is C9H19N3O3S. The lowest BCUT2D eigenvalue weighted by Gasteiger charge is -2.39. The van der Waals surface area contributed by atoms with Crippen molar-refractivity contribution in [3.63, 3.8) is 0 Å². The third-order valence-corrected chi connectivity index (χ3v) is 4.43. The van der Waals surface area contributed by atoms with Crippen molar-refractivity contribution in [3.05, 3.63) is 0 Å². The van der Waals surface area contributed by atoms with Crippen LogP contribution in [0.4, 0.5) is 0 Å². The second kappa shape index (κ2) is 4.97. The van der Waals surface area contributed by atoms with Crippen LogP contribution in [0.5, 0.6) is 0 Å². The van der Waals surface area contributed by atoms with Gasteiger partial charge in [-0.1, -0.05) is 0 Å². The largest absolute Gasteiger partial charge is 0.379 e. The Bertz CT molecular complexity index is 319. The molecule has 0 saturated carbocycles. The quantitative estimate of drug-likeness (QED) is 0.680. The van der Waals surface area contributed by atoms with Crippen LogP contribution >= 0.6 is 0 Å². The van der Waals surface area contributed by atoms with Gasteiger partial charge in [-0.3, -0.25) is 4.90 Å². The summed E-state index contributed by atoms with van der Waals surface area (Å²) in [4.78, 5) is 2.39. The average Bonchev–Trinajstić information content (AvgIpc) is 2.29. The predicted octanol–water partition coefficient (Wildman–Crippen LogP) is -1.01. The summed E-state index contributed by atoms with van der Waals surface area (Å²) in [7, 11) is -3.49. The monoisotopic (exact) mass is 249 g/mol. The Balaban J connectivity index is 1.85. The van der Waals surface area contributed by atoms with Crippen molar-refractivity contribution < 1.29 is 13.2 Å².